The largest absolute Gasteiger partial charge is 0.494 e. The SMILES string of the molecule is CCN(CC)c1cc(N=S(=O)(OF)C(F)F)c(N=Nc2cc(C)on2)cc1OC. The van der Waals surface area contributed by atoms with Gasteiger partial charge in [0, 0.05) is 25.2 Å². The number of hydrogen-bond acceptors (Lipinski definition) is 9. The summed E-state index contributed by atoms with van der Waals surface area (Å²) in [7, 11) is -3.53. The molecule has 1 aromatic carbocycles. The van der Waals surface area contributed by atoms with Gasteiger partial charge in [0.25, 0.3) is 10.0 Å². The Morgan fingerprint density at radius 3 is 2.38 bits per heavy atom. The van der Waals surface area contributed by atoms with Crippen molar-refractivity contribution in [2.45, 2.75) is 26.5 Å². The Labute approximate surface area is 165 Å². The molecule has 13 heteroatoms. The van der Waals surface area contributed by atoms with E-state index in [2.05, 4.69) is 24.1 Å². The Kier molecular flexibility index (Phi) is 7.56. The number of anilines is 1. The molecule has 2 rings (SSSR count). The van der Waals surface area contributed by atoms with E-state index < -0.39 is 15.8 Å². The molecule has 0 amide bonds. The van der Waals surface area contributed by atoms with Crippen molar-refractivity contribution >= 4 is 32.9 Å². The van der Waals surface area contributed by atoms with Crippen LogP contribution in [-0.4, -0.2) is 35.3 Å². The first kappa shape index (κ1) is 22.6. The normalized spacial score (nSPS) is 13.7. The van der Waals surface area contributed by atoms with E-state index in [1.165, 1.54) is 25.3 Å². The summed E-state index contributed by atoms with van der Waals surface area (Å²) in [5.41, 5.74) is 0.0332. The second-order valence-corrected chi connectivity index (χ2v) is 7.31. The lowest BCUT2D eigenvalue weighted by molar-refractivity contribution is -0.000950. The zero-order chi connectivity index (χ0) is 21.6. The van der Waals surface area contributed by atoms with Gasteiger partial charge in [-0.3, -0.25) is 0 Å². The van der Waals surface area contributed by atoms with Crippen molar-refractivity contribution in [1.82, 2.24) is 5.16 Å². The molecule has 0 saturated carbocycles. The minimum Gasteiger partial charge on any atom is -0.494 e. The van der Waals surface area contributed by atoms with Crippen LogP contribution in [0.1, 0.15) is 19.6 Å². The molecule has 29 heavy (non-hydrogen) atoms. The van der Waals surface area contributed by atoms with E-state index in [1.807, 2.05) is 18.7 Å². The highest BCUT2D eigenvalue weighted by Crippen LogP contribution is 2.42. The van der Waals surface area contributed by atoms with E-state index >= 15 is 0 Å². The van der Waals surface area contributed by atoms with Gasteiger partial charge in [-0.05, 0) is 31.4 Å². The van der Waals surface area contributed by atoms with Crippen LogP contribution in [0.5, 0.6) is 5.75 Å². The highest BCUT2D eigenvalue weighted by Gasteiger charge is 2.26. The molecule has 0 spiro atoms. The average molecular weight is 435 g/mol. The van der Waals surface area contributed by atoms with Gasteiger partial charge in [0.1, 0.15) is 22.9 Å². The van der Waals surface area contributed by atoms with Gasteiger partial charge in [-0.2, -0.15) is 13.1 Å². The number of benzene rings is 1. The van der Waals surface area contributed by atoms with Crippen LogP contribution < -0.4 is 9.64 Å². The molecule has 0 bridgehead atoms. The van der Waals surface area contributed by atoms with E-state index in [1.54, 1.807) is 6.92 Å². The number of hydrogen-bond donors (Lipinski definition) is 0. The smallest absolute Gasteiger partial charge is 0.345 e. The Balaban J connectivity index is 2.71. The predicted octanol–water partition coefficient (Wildman–Crippen LogP) is 5.39. The summed E-state index contributed by atoms with van der Waals surface area (Å²) in [6, 6.07) is 4.14. The topological polar surface area (TPSA) is 102 Å². The fourth-order valence-corrected chi connectivity index (χ4v) is 2.98. The molecule has 0 aliphatic carbocycles. The summed E-state index contributed by atoms with van der Waals surface area (Å²) in [6.07, 6.45) is 0. The fraction of sp³-hybridized carbons (Fsp3) is 0.438. The number of aryl methyl sites for hydroxylation is 1. The van der Waals surface area contributed by atoms with Crippen molar-refractivity contribution in [2.75, 3.05) is 25.1 Å². The van der Waals surface area contributed by atoms with Gasteiger partial charge in [-0.25, -0.2) is 4.21 Å². The average Bonchev–Trinajstić information content (AvgIpc) is 3.13. The van der Waals surface area contributed by atoms with Crippen LogP contribution in [0.4, 0.5) is 36.2 Å². The van der Waals surface area contributed by atoms with E-state index in [0.29, 0.717) is 30.3 Å². The number of ether oxygens (including phenoxy) is 1. The fourth-order valence-electron chi connectivity index (χ4n) is 2.40. The van der Waals surface area contributed by atoms with Crippen LogP contribution in [0.2, 0.25) is 0 Å². The highest BCUT2D eigenvalue weighted by atomic mass is 32.2. The molecule has 2 aromatic rings. The predicted molar refractivity (Wildman–Crippen MR) is 100 cm³/mol. The Bertz CT molecular complexity index is 985. The summed E-state index contributed by atoms with van der Waals surface area (Å²) >= 11 is 0. The van der Waals surface area contributed by atoms with Crippen molar-refractivity contribution < 1.29 is 31.2 Å². The number of alkyl halides is 2. The summed E-state index contributed by atoms with van der Waals surface area (Å²) < 4.78 is 67.2. The van der Waals surface area contributed by atoms with Gasteiger partial charge in [0.05, 0.1) is 12.8 Å². The van der Waals surface area contributed by atoms with Crippen LogP contribution in [0.25, 0.3) is 0 Å². The second kappa shape index (κ2) is 9.69. The quantitative estimate of drug-likeness (QED) is 0.489. The maximum absolute atomic E-state index is 13.0. The van der Waals surface area contributed by atoms with Crippen LogP contribution in [0.15, 0.2) is 37.3 Å². The summed E-state index contributed by atoms with van der Waals surface area (Å²) in [6.45, 7) is 6.48. The first-order valence-corrected chi connectivity index (χ1v) is 9.94. The molecule has 1 unspecified atom stereocenters. The third-order valence-corrected chi connectivity index (χ3v) is 4.88. The molecule has 1 aromatic heterocycles. The molecule has 0 radical (unpaired) electrons. The lowest BCUT2D eigenvalue weighted by atomic mass is 10.2. The first-order chi connectivity index (χ1) is 13.8. The van der Waals surface area contributed by atoms with Crippen molar-refractivity contribution in [3.63, 3.8) is 0 Å². The third kappa shape index (κ3) is 5.23. The third-order valence-electron chi connectivity index (χ3n) is 3.80. The zero-order valence-corrected chi connectivity index (χ0v) is 17.0. The molecule has 0 aliphatic rings. The maximum Gasteiger partial charge on any atom is 0.345 e. The van der Waals surface area contributed by atoms with E-state index in [9.17, 15) is 17.5 Å². The van der Waals surface area contributed by atoms with Crippen molar-refractivity contribution in [2.24, 2.45) is 14.6 Å². The molecule has 1 heterocycles. The van der Waals surface area contributed by atoms with Crippen LogP contribution >= 0.6 is 0 Å². The first-order valence-electron chi connectivity index (χ1n) is 8.44. The van der Waals surface area contributed by atoms with Crippen molar-refractivity contribution in [3.8, 4) is 5.75 Å². The minimum absolute atomic E-state index is 0.108. The van der Waals surface area contributed by atoms with Crippen molar-refractivity contribution in [3.05, 3.63) is 24.0 Å². The van der Waals surface area contributed by atoms with E-state index in [-0.39, 0.29) is 17.2 Å². The van der Waals surface area contributed by atoms with Gasteiger partial charge in [0.15, 0.2) is 0 Å². The van der Waals surface area contributed by atoms with Gasteiger partial charge in [0.2, 0.25) is 5.82 Å². The number of halogens is 3. The minimum atomic E-state index is -4.94. The Morgan fingerprint density at radius 1 is 1.21 bits per heavy atom. The zero-order valence-electron chi connectivity index (χ0n) is 16.1. The van der Waals surface area contributed by atoms with Gasteiger partial charge in [-0.1, -0.05) is 9.54 Å². The maximum atomic E-state index is 13.0. The number of azo groups is 1. The summed E-state index contributed by atoms with van der Waals surface area (Å²) in [5, 5.41) is 11.3. The van der Waals surface area contributed by atoms with Gasteiger partial charge >= 0.3 is 5.76 Å². The molecular weight excluding hydrogens is 415 g/mol. The van der Waals surface area contributed by atoms with Crippen LogP contribution in [0, 0.1) is 6.92 Å². The van der Waals surface area contributed by atoms with E-state index in [0.717, 1.165) is 0 Å². The van der Waals surface area contributed by atoms with Gasteiger partial charge in [-0.15, -0.1) is 10.2 Å². The van der Waals surface area contributed by atoms with Crippen molar-refractivity contribution in [1.29, 1.82) is 0 Å². The molecule has 9 nitrogen and oxygen atoms in total. The molecule has 160 valence electrons. The Hall–Kier alpha value is -2.67. The number of aromatic nitrogens is 1. The monoisotopic (exact) mass is 435 g/mol. The summed E-state index contributed by atoms with van der Waals surface area (Å²) in [4.78, 5) is 1.83. The molecule has 1 atom stereocenters. The van der Waals surface area contributed by atoms with E-state index in [4.69, 9.17) is 9.26 Å². The van der Waals surface area contributed by atoms with Gasteiger partial charge < -0.3 is 14.2 Å². The Morgan fingerprint density at radius 2 is 1.90 bits per heavy atom. The highest BCUT2D eigenvalue weighted by molar-refractivity contribution is 7.89. The summed E-state index contributed by atoms with van der Waals surface area (Å²) in [5.74, 6) is -2.77. The number of methoxy groups -OCH3 is 1. The lowest BCUT2D eigenvalue weighted by Gasteiger charge is -2.24. The van der Waals surface area contributed by atoms with Crippen LogP contribution in [0.3, 0.4) is 0 Å². The second-order valence-electron chi connectivity index (χ2n) is 5.61. The lowest BCUT2D eigenvalue weighted by Crippen LogP contribution is -2.22. The number of nitrogens with zero attached hydrogens (tertiary/aromatic N) is 5. The molecular formula is C16H20F3N5O4S. The molecule has 0 aliphatic heterocycles. The standard InChI is InChI=1S/C16H20F3N5O4S/c1-5-24(6-2)13-8-12(23-29(25,28-19)16(17)18)11(9-14(13)26-4)20-21-15-7-10(3)27-22-15/h7-9,16H,5-6H2,1-4H3. The molecule has 0 N–H and O–H groups in total. The molecule has 0 fully saturated rings. The van der Waals surface area contributed by atoms with Crippen LogP contribution in [-0.2, 0) is 14.4 Å². The number of rotatable bonds is 9. The molecule has 0 saturated heterocycles.